The van der Waals surface area contributed by atoms with Crippen molar-refractivity contribution in [1.29, 1.82) is 0 Å². The van der Waals surface area contributed by atoms with Crippen molar-refractivity contribution in [2.45, 2.75) is 13.5 Å². The van der Waals surface area contributed by atoms with Gasteiger partial charge in [0.25, 0.3) is 0 Å². The molecule has 6 heteroatoms. The number of aromatic amines is 1. The Hall–Kier alpha value is -0.460. The lowest BCUT2D eigenvalue weighted by molar-refractivity contribution is 0.756. The predicted molar refractivity (Wildman–Crippen MR) is 64.1 cm³/mol. The molecule has 0 saturated heterocycles. The molecule has 2 rings (SSSR count). The third kappa shape index (κ3) is 1.57. The highest BCUT2D eigenvalue weighted by Crippen LogP contribution is 2.32. The topological polar surface area (TPSA) is 33.6 Å². The molecule has 3 nitrogen and oxygen atoms in total. The lowest BCUT2D eigenvalue weighted by atomic mass is 10.4. The molecule has 0 aliphatic carbocycles. The standard InChI is InChI=1S/C8H8BrN3S2/c1-2-12-7(10-11-8(12)13)6-5(9)3-4-14-6/h3-4H,2H2,1H3,(H,11,13). The summed E-state index contributed by atoms with van der Waals surface area (Å²) in [5.41, 5.74) is 0. The van der Waals surface area contributed by atoms with Gasteiger partial charge in [-0.3, -0.25) is 9.67 Å². The van der Waals surface area contributed by atoms with Crippen LogP contribution in [0.15, 0.2) is 15.9 Å². The number of hydrogen-bond acceptors (Lipinski definition) is 3. The summed E-state index contributed by atoms with van der Waals surface area (Å²) in [6.45, 7) is 2.88. The number of nitrogens with one attached hydrogen (secondary N) is 1. The molecule has 2 aromatic heterocycles. The molecule has 0 aliphatic rings. The minimum atomic E-state index is 0.669. The smallest absolute Gasteiger partial charge is 0.195 e. The SMILES string of the molecule is CCn1c(-c2sccc2Br)n[nH]c1=S. The fourth-order valence-corrected chi connectivity index (χ4v) is 3.05. The molecular weight excluding hydrogens is 282 g/mol. The Labute approximate surface area is 98.9 Å². The van der Waals surface area contributed by atoms with Crippen molar-refractivity contribution in [3.05, 3.63) is 20.7 Å². The van der Waals surface area contributed by atoms with Gasteiger partial charge in [-0.25, -0.2) is 0 Å². The largest absolute Gasteiger partial charge is 0.300 e. The van der Waals surface area contributed by atoms with Gasteiger partial charge in [0.2, 0.25) is 0 Å². The van der Waals surface area contributed by atoms with E-state index in [4.69, 9.17) is 12.2 Å². The van der Waals surface area contributed by atoms with E-state index in [1.807, 2.05) is 16.0 Å². The van der Waals surface area contributed by atoms with Crippen molar-refractivity contribution in [3.8, 4) is 10.7 Å². The molecule has 2 aromatic rings. The van der Waals surface area contributed by atoms with Crippen LogP contribution >= 0.6 is 39.5 Å². The molecule has 74 valence electrons. The number of thiophene rings is 1. The van der Waals surface area contributed by atoms with Crippen LogP contribution in [0.2, 0.25) is 0 Å². The number of nitrogens with zero attached hydrogens (tertiary/aromatic N) is 2. The molecule has 0 spiro atoms. The van der Waals surface area contributed by atoms with E-state index in [2.05, 4.69) is 33.1 Å². The minimum absolute atomic E-state index is 0.669. The van der Waals surface area contributed by atoms with E-state index in [-0.39, 0.29) is 0 Å². The van der Waals surface area contributed by atoms with E-state index in [1.165, 1.54) is 0 Å². The van der Waals surface area contributed by atoms with E-state index < -0.39 is 0 Å². The van der Waals surface area contributed by atoms with Crippen LogP contribution in [0.25, 0.3) is 10.7 Å². The highest BCUT2D eigenvalue weighted by molar-refractivity contribution is 9.10. The summed E-state index contributed by atoms with van der Waals surface area (Å²) in [4.78, 5) is 1.11. The number of hydrogen-bond donors (Lipinski definition) is 1. The van der Waals surface area contributed by atoms with Crippen LogP contribution in [-0.2, 0) is 6.54 Å². The first-order chi connectivity index (χ1) is 6.74. The van der Waals surface area contributed by atoms with Crippen molar-refractivity contribution in [2.24, 2.45) is 0 Å². The van der Waals surface area contributed by atoms with Crippen molar-refractivity contribution in [1.82, 2.24) is 14.8 Å². The Balaban J connectivity index is 2.63. The van der Waals surface area contributed by atoms with Crippen LogP contribution in [0.1, 0.15) is 6.92 Å². The Bertz CT molecular complexity index is 497. The van der Waals surface area contributed by atoms with Crippen molar-refractivity contribution < 1.29 is 0 Å². The zero-order chi connectivity index (χ0) is 10.1. The van der Waals surface area contributed by atoms with Gasteiger partial charge in [-0.2, -0.15) is 5.10 Å². The van der Waals surface area contributed by atoms with Crippen molar-refractivity contribution in [3.63, 3.8) is 0 Å². The van der Waals surface area contributed by atoms with Crippen molar-refractivity contribution >= 4 is 39.5 Å². The molecule has 2 heterocycles. The van der Waals surface area contributed by atoms with Gasteiger partial charge in [-0.15, -0.1) is 11.3 Å². The number of aromatic nitrogens is 3. The third-order valence-corrected chi connectivity index (χ3v) is 4.04. The van der Waals surface area contributed by atoms with Gasteiger partial charge in [0.15, 0.2) is 10.6 Å². The van der Waals surface area contributed by atoms with E-state index in [0.29, 0.717) is 4.77 Å². The van der Waals surface area contributed by atoms with Gasteiger partial charge < -0.3 is 0 Å². The average molecular weight is 290 g/mol. The van der Waals surface area contributed by atoms with Crippen LogP contribution in [0, 0.1) is 4.77 Å². The summed E-state index contributed by atoms with van der Waals surface area (Å²) in [5, 5.41) is 9.05. The third-order valence-electron chi connectivity index (χ3n) is 1.89. The Kier molecular flexibility index (Phi) is 2.85. The van der Waals surface area contributed by atoms with E-state index >= 15 is 0 Å². The second-order valence-electron chi connectivity index (χ2n) is 2.69. The lowest BCUT2D eigenvalue weighted by Crippen LogP contribution is -1.96. The van der Waals surface area contributed by atoms with Crippen LogP contribution in [0.3, 0.4) is 0 Å². The summed E-state index contributed by atoms with van der Waals surface area (Å²) >= 11 is 10.3. The Morgan fingerprint density at radius 3 is 3.07 bits per heavy atom. The molecule has 1 N–H and O–H groups in total. The fourth-order valence-electron chi connectivity index (χ4n) is 1.24. The average Bonchev–Trinajstić information content (AvgIpc) is 2.71. The van der Waals surface area contributed by atoms with E-state index in [9.17, 15) is 0 Å². The molecule has 0 aliphatic heterocycles. The normalized spacial score (nSPS) is 10.7. The van der Waals surface area contributed by atoms with E-state index in [1.54, 1.807) is 11.3 Å². The van der Waals surface area contributed by atoms with Gasteiger partial charge >= 0.3 is 0 Å². The molecular formula is C8H8BrN3S2. The van der Waals surface area contributed by atoms with Gasteiger partial charge in [0.1, 0.15) is 0 Å². The highest BCUT2D eigenvalue weighted by atomic mass is 79.9. The summed E-state index contributed by atoms with van der Waals surface area (Å²) in [6.07, 6.45) is 0. The van der Waals surface area contributed by atoms with E-state index in [0.717, 1.165) is 21.7 Å². The molecule has 0 saturated carbocycles. The monoisotopic (exact) mass is 289 g/mol. The zero-order valence-corrected chi connectivity index (χ0v) is 10.7. The molecule has 0 bridgehead atoms. The van der Waals surface area contributed by atoms with Gasteiger partial charge in [0.05, 0.1) is 4.88 Å². The maximum Gasteiger partial charge on any atom is 0.195 e. The number of halogens is 1. The van der Waals surface area contributed by atoms with Gasteiger partial charge in [-0.05, 0) is 46.5 Å². The predicted octanol–water partition coefficient (Wildman–Crippen LogP) is 3.45. The van der Waals surface area contributed by atoms with Crippen LogP contribution < -0.4 is 0 Å². The maximum absolute atomic E-state index is 5.12. The maximum atomic E-state index is 5.12. The molecule has 14 heavy (non-hydrogen) atoms. The molecule has 0 amide bonds. The Morgan fingerprint density at radius 2 is 2.50 bits per heavy atom. The molecule has 0 unspecified atom stereocenters. The fraction of sp³-hybridized carbons (Fsp3) is 0.250. The summed E-state index contributed by atoms with van der Waals surface area (Å²) < 4.78 is 3.71. The lowest BCUT2D eigenvalue weighted by Gasteiger charge is -2.00. The van der Waals surface area contributed by atoms with Gasteiger partial charge in [0, 0.05) is 11.0 Å². The first-order valence-corrected chi connectivity index (χ1v) is 6.20. The zero-order valence-electron chi connectivity index (χ0n) is 7.45. The second-order valence-corrected chi connectivity index (χ2v) is 4.85. The molecule has 0 aromatic carbocycles. The number of rotatable bonds is 2. The molecule has 0 fully saturated rings. The first kappa shape index (κ1) is 10.1. The van der Waals surface area contributed by atoms with Crippen LogP contribution in [-0.4, -0.2) is 14.8 Å². The van der Waals surface area contributed by atoms with Crippen LogP contribution in [0.5, 0.6) is 0 Å². The summed E-state index contributed by atoms with van der Waals surface area (Å²) in [5.74, 6) is 0.902. The van der Waals surface area contributed by atoms with Gasteiger partial charge in [-0.1, -0.05) is 0 Å². The molecule has 0 atom stereocenters. The number of H-pyrrole nitrogens is 1. The minimum Gasteiger partial charge on any atom is -0.300 e. The quantitative estimate of drug-likeness (QED) is 0.859. The highest BCUT2D eigenvalue weighted by Gasteiger charge is 2.11. The molecule has 0 radical (unpaired) electrons. The second kappa shape index (κ2) is 3.96. The van der Waals surface area contributed by atoms with Crippen molar-refractivity contribution in [2.75, 3.05) is 0 Å². The summed E-state index contributed by atoms with van der Waals surface area (Å²) in [6, 6.07) is 2.01. The summed E-state index contributed by atoms with van der Waals surface area (Å²) in [7, 11) is 0. The Morgan fingerprint density at radius 1 is 1.71 bits per heavy atom. The van der Waals surface area contributed by atoms with Crippen LogP contribution in [0.4, 0.5) is 0 Å². The first-order valence-electron chi connectivity index (χ1n) is 4.12.